The van der Waals surface area contributed by atoms with Crippen LogP contribution in [0.25, 0.3) is 0 Å². The van der Waals surface area contributed by atoms with Crippen LogP contribution in [0, 0.1) is 5.92 Å². The number of nitrogens with zero attached hydrogens (tertiary/aromatic N) is 1. The summed E-state index contributed by atoms with van der Waals surface area (Å²) in [7, 11) is 0. The zero-order valence-corrected chi connectivity index (χ0v) is 12.3. The highest BCUT2D eigenvalue weighted by Gasteiger charge is 2.26. The molecule has 0 aromatic carbocycles. The quantitative estimate of drug-likeness (QED) is 0.514. The molecule has 1 aliphatic rings. The third kappa shape index (κ3) is 5.65. The minimum absolute atomic E-state index is 0.252. The van der Waals surface area contributed by atoms with Gasteiger partial charge in [-0.3, -0.25) is 16.2 Å². The fraction of sp³-hybridized carbons (Fsp3) is 1.00. The number of nitrogens with two attached hydrogens (primary N) is 1. The number of hydrogen-bond acceptors (Lipinski definition) is 4. The SMILES string of the molecule is CCCN1CCOC(C(CCCC(C)C)NN)C1. The summed E-state index contributed by atoms with van der Waals surface area (Å²) in [4.78, 5) is 2.49. The van der Waals surface area contributed by atoms with Crippen LogP contribution >= 0.6 is 0 Å². The average Bonchev–Trinajstić information content (AvgIpc) is 2.35. The normalized spacial score (nSPS) is 23.5. The van der Waals surface area contributed by atoms with Crippen molar-refractivity contribution >= 4 is 0 Å². The van der Waals surface area contributed by atoms with E-state index in [-0.39, 0.29) is 6.10 Å². The Balaban J connectivity index is 2.33. The van der Waals surface area contributed by atoms with Crippen molar-refractivity contribution in [3.63, 3.8) is 0 Å². The molecule has 0 saturated carbocycles. The molecule has 3 N–H and O–H groups in total. The summed E-state index contributed by atoms with van der Waals surface area (Å²) < 4.78 is 5.88. The van der Waals surface area contributed by atoms with Gasteiger partial charge in [-0.1, -0.05) is 33.6 Å². The van der Waals surface area contributed by atoms with E-state index in [1.165, 1.54) is 25.8 Å². The monoisotopic (exact) mass is 257 g/mol. The third-order valence-electron chi connectivity index (χ3n) is 3.68. The first-order valence-electron chi connectivity index (χ1n) is 7.47. The van der Waals surface area contributed by atoms with Gasteiger partial charge in [0.1, 0.15) is 0 Å². The van der Waals surface area contributed by atoms with Gasteiger partial charge in [0.15, 0.2) is 0 Å². The topological polar surface area (TPSA) is 50.5 Å². The smallest absolute Gasteiger partial charge is 0.0868 e. The Morgan fingerprint density at radius 3 is 2.78 bits per heavy atom. The van der Waals surface area contributed by atoms with Crippen LogP contribution in [0.2, 0.25) is 0 Å². The Bertz CT molecular complexity index is 209. The molecular weight excluding hydrogens is 226 g/mol. The molecule has 4 nitrogen and oxygen atoms in total. The van der Waals surface area contributed by atoms with Crippen LogP contribution in [-0.2, 0) is 4.74 Å². The third-order valence-corrected chi connectivity index (χ3v) is 3.68. The van der Waals surface area contributed by atoms with Gasteiger partial charge in [0.25, 0.3) is 0 Å². The molecule has 1 saturated heterocycles. The van der Waals surface area contributed by atoms with Gasteiger partial charge in [0.05, 0.1) is 12.7 Å². The van der Waals surface area contributed by atoms with Crippen molar-refractivity contribution in [2.24, 2.45) is 11.8 Å². The largest absolute Gasteiger partial charge is 0.374 e. The van der Waals surface area contributed by atoms with Crippen molar-refractivity contribution in [1.29, 1.82) is 0 Å². The second-order valence-corrected chi connectivity index (χ2v) is 5.81. The zero-order valence-electron chi connectivity index (χ0n) is 12.3. The van der Waals surface area contributed by atoms with Gasteiger partial charge >= 0.3 is 0 Å². The van der Waals surface area contributed by atoms with E-state index in [1.807, 2.05) is 0 Å². The summed E-state index contributed by atoms with van der Waals surface area (Å²) >= 11 is 0. The first-order valence-corrected chi connectivity index (χ1v) is 7.47. The van der Waals surface area contributed by atoms with Crippen LogP contribution in [-0.4, -0.2) is 43.3 Å². The highest BCUT2D eigenvalue weighted by atomic mass is 16.5. The molecule has 1 rings (SSSR count). The fourth-order valence-electron chi connectivity index (χ4n) is 2.62. The van der Waals surface area contributed by atoms with Gasteiger partial charge in [-0.15, -0.1) is 0 Å². The van der Waals surface area contributed by atoms with Crippen molar-refractivity contribution in [2.45, 2.75) is 58.6 Å². The van der Waals surface area contributed by atoms with Crippen LogP contribution in [0.1, 0.15) is 46.5 Å². The van der Waals surface area contributed by atoms with E-state index >= 15 is 0 Å². The lowest BCUT2D eigenvalue weighted by Crippen LogP contribution is -2.54. The van der Waals surface area contributed by atoms with Crippen molar-refractivity contribution in [3.8, 4) is 0 Å². The van der Waals surface area contributed by atoms with Crippen LogP contribution in [0.4, 0.5) is 0 Å². The van der Waals surface area contributed by atoms with E-state index in [2.05, 4.69) is 31.1 Å². The van der Waals surface area contributed by atoms with Crippen LogP contribution < -0.4 is 11.3 Å². The summed E-state index contributed by atoms with van der Waals surface area (Å²) in [5.74, 6) is 6.46. The average molecular weight is 257 g/mol. The first kappa shape index (κ1) is 15.9. The van der Waals surface area contributed by atoms with Gasteiger partial charge in [-0.05, 0) is 25.3 Å². The standard InChI is InChI=1S/C14H31N3O/c1-4-8-17-9-10-18-14(11-17)13(16-15)7-5-6-12(2)3/h12-14,16H,4-11,15H2,1-3H3. The minimum atomic E-state index is 0.252. The van der Waals surface area contributed by atoms with Gasteiger partial charge in [-0.2, -0.15) is 0 Å². The van der Waals surface area contributed by atoms with Crippen molar-refractivity contribution < 1.29 is 4.74 Å². The highest BCUT2D eigenvalue weighted by molar-refractivity contribution is 4.81. The van der Waals surface area contributed by atoms with E-state index in [9.17, 15) is 0 Å². The molecule has 0 radical (unpaired) electrons. The molecule has 1 aliphatic heterocycles. The Morgan fingerprint density at radius 2 is 2.17 bits per heavy atom. The lowest BCUT2D eigenvalue weighted by atomic mass is 9.99. The minimum Gasteiger partial charge on any atom is -0.374 e. The summed E-state index contributed by atoms with van der Waals surface area (Å²) in [5, 5.41) is 0. The first-order chi connectivity index (χ1) is 8.67. The number of nitrogens with one attached hydrogen (secondary N) is 1. The molecule has 108 valence electrons. The molecule has 0 spiro atoms. The number of hydrogen-bond donors (Lipinski definition) is 2. The molecule has 0 aromatic heterocycles. The summed E-state index contributed by atoms with van der Waals surface area (Å²) in [6.07, 6.45) is 5.06. The molecular formula is C14H31N3O. The Kier molecular flexibility index (Phi) is 7.82. The molecule has 2 unspecified atom stereocenters. The lowest BCUT2D eigenvalue weighted by molar-refractivity contribution is -0.0480. The maximum absolute atomic E-state index is 5.88. The lowest BCUT2D eigenvalue weighted by Gasteiger charge is -2.36. The Hall–Kier alpha value is -0.160. The van der Waals surface area contributed by atoms with E-state index in [1.54, 1.807) is 0 Å². The zero-order chi connectivity index (χ0) is 13.4. The number of morpholine rings is 1. The van der Waals surface area contributed by atoms with Gasteiger partial charge in [-0.25, -0.2) is 0 Å². The van der Waals surface area contributed by atoms with Crippen molar-refractivity contribution in [3.05, 3.63) is 0 Å². The van der Waals surface area contributed by atoms with E-state index in [0.29, 0.717) is 6.04 Å². The number of hydrazine groups is 1. The second-order valence-electron chi connectivity index (χ2n) is 5.81. The molecule has 0 aromatic rings. The fourth-order valence-corrected chi connectivity index (χ4v) is 2.62. The Labute approximate surface area is 112 Å². The Morgan fingerprint density at radius 1 is 1.39 bits per heavy atom. The van der Waals surface area contributed by atoms with Gasteiger partial charge < -0.3 is 4.74 Å². The maximum atomic E-state index is 5.88. The molecule has 0 bridgehead atoms. The van der Waals surface area contributed by atoms with Crippen LogP contribution in [0.15, 0.2) is 0 Å². The second kappa shape index (κ2) is 8.86. The molecule has 2 atom stereocenters. The molecule has 18 heavy (non-hydrogen) atoms. The summed E-state index contributed by atoms with van der Waals surface area (Å²) in [6, 6.07) is 0.295. The predicted molar refractivity (Wildman–Crippen MR) is 76.3 cm³/mol. The van der Waals surface area contributed by atoms with Gasteiger partial charge in [0, 0.05) is 19.1 Å². The summed E-state index contributed by atoms with van der Waals surface area (Å²) in [6.45, 7) is 10.9. The predicted octanol–water partition coefficient (Wildman–Crippen LogP) is 1.76. The number of ether oxygens (including phenoxy) is 1. The van der Waals surface area contributed by atoms with Crippen molar-refractivity contribution in [2.75, 3.05) is 26.2 Å². The van der Waals surface area contributed by atoms with Crippen LogP contribution in [0.3, 0.4) is 0 Å². The summed E-state index contributed by atoms with van der Waals surface area (Å²) in [5.41, 5.74) is 2.96. The molecule has 4 heteroatoms. The number of rotatable bonds is 8. The molecule has 0 aliphatic carbocycles. The molecule has 1 fully saturated rings. The van der Waals surface area contributed by atoms with E-state index in [0.717, 1.165) is 32.0 Å². The maximum Gasteiger partial charge on any atom is 0.0868 e. The van der Waals surface area contributed by atoms with Crippen molar-refractivity contribution in [1.82, 2.24) is 10.3 Å². The van der Waals surface area contributed by atoms with E-state index < -0.39 is 0 Å². The van der Waals surface area contributed by atoms with E-state index in [4.69, 9.17) is 10.6 Å². The molecule has 0 amide bonds. The highest BCUT2D eigenvalue weighted by Crippen LogP contribution is 2.15. The van der Waals surface area contributed by atoms with Crippen LogP contribution in [0.5, 0.6) is 0 Å². The van der Waals surface area contributed by atoms with Gasteiger partial charge in [0.2, 0.25) is 0 Å². The molecule has 1 heterocycles.